The Labute approximate surface area is 79.2 Å². The first-order valence-corrected chi connectivity index (χ1v) is 4.46. The summed E-state index contributed by atoms with van der Waals surface area (Å²) in [7, 11) is 1.64. The molecule has 0 unspecified atom stereocenters. The maximum absolute atomic E-state index is 9.01. The van der Waals surface area contributed by atoms with E-state index in [1.54, 1.807) is 7.11 Å². The van der Waals surface area contributed by atoms with Crippen molar-refractivity contribution >= 4 is 0 Å². The number of aliphatic hydroxyl groups is 1. The van der Waals surface area contributed by atoms with E-state index in [0.29, 0.717) is 5.92 Å². The Balaban J connectivity index is 3.07. The zero-order valence-corrected chi connectivity index (χ0v) is 8.37. The summed E-state index contributed by atoms with van der Waals surface area (Å²) in [5.41, 5.74) is 2.10. The van der Waals surface area contributed by atoms with Gasteiger partial charge in [0.1, 0.15) is 5.75 Å². The lowest BCUT2D eigenvalue weighted by Gasteiger charge is -2.09. The minimum Gasteiger partial charge on any atom is -0.497 e. The molecule has 0 aromatic heterocycles. The van der Waals surface area contributed by atoms with E-state index in [-0.39, 0.29) is 6.61 Å². The maximum atomic E-state index is 9.01. The zero-order valence-electron chi connectivity index (χ0n) is 8.37. The van der Waals surface area contributed by atoms with Crippen LogP contribution < -0.4 is 4.74 Å². The molecule has 0 aliphatic carbocycles. The van der Waals surface area contributed by atoms with Crippen LogP contribution in [0.2, 0.25) is 0 Å². The third-order valence-electron chi connectivity index (χ3n) is 2.07. The summed E-state index contributed by atoms with van der Waals surface area (Å²) in [4.78, 5) is 0. The van der Waals surface area contributed by atoms with Crippen molar-refractivity contribution in [2.24, 2.45) is 0 Å². The fourth-order valence-corrected chi connectivity index (χ4v) is 1.23. The molecule has 0 radical (unpaired) electrons. The number of rotatable bonds is 3. The molecule has 0 aliphatic rings. The molecule has 0 amide bonds. The monoisotopic (exact) mass is 180 g/mol. The molecule has 2 nitrogen and oxygen atoms in total. The van der Waals surface area contributed by atoms with Crippen LogP contribution in [0.4, 0.5) is 0 Å². The van der Waals surface area contributed by atoms with Crippen LogP contribution in [0.5, 0.6) is 5.75 Å². The number of benzene rings is 1. The summed E-state index contributed by atoms with van der Waals surface area (Å²) in [6, 6.07) is 5.86. The van der Waals surface area contributed by atoms with Crippen molar-refractivity contribution in [3.05, 3.63) is 29.3 Å². The van der Waals surface area contributed by atoms with Gasteiger partial charge in [-0.15, -0.1) is 0 Å². The molecular weight excluding hydrogens is 164 g/mol. The van der Waals surface area contributed by atoms with Gasteiger partial charge in [-0.25, -0.2) is 0 Å². The van der Waals surface area contributed by atoms with Gasteiger partial charge >= 0.3 is 0 Å². The van der Waals surface area contributed by atoms with Crippen LogP contribution in [0.3, 0.4) is 0 Å². The largest absolute Gasteiger partial charge is 0.497 e. The van der Waals surface area contributed by atoms with Gasteiger partial charge in [-0.05, 0) is 29.2 Å². The second-order valence-electron chi connectivity index (χ2n) is 3.43. The molecule has 1 N–H and O–H groups in total. The summed E-state index contributed by atoms with van der Waals surface area (Å²) < 4.78 is 5.14. The Morgan fingerprint density at radius 1 is 1.31 bits per heavy atom. The maximum Gasteiger partial charge on any atom is 0.119 e. The fourth-order valence-electron chi connectivity index (χ4n) is 1.23. The molecule has 0 spiro atoms. The van der Waals surface area contributed by atoms with Crippen molar-refractivity contribution in [1.29, 1.82) is 0 Å². The fraction of sp³-hybridized carbons (Fsp3) is 0.455. The quantitative estimate of drug-likeness (QED) is 0.773. The van der Waals surface area contributed by atoms with Crippen molar-refractivity contribution in [2.45, 2.75) is 26.4 Å². The van der Waals surface area contributed by atoms with E-state index in [2.05, 4.69) is 13.8 Å². The zero-order chi connectivity index (χ0) is 9.84. The van der Waals surface area contributed by atoms with Gasteiger partial charge in [-0.1, -0.05) is 19.9 Å². The lowest BCUT2D eigenvalue weighted by molar-refractivity contribution is 0.281. The predicted octanol–water partition coefficient (Wildman–Crippen LogP) is 2.31. The topological polar surface area (TPSA) is 29.5 Å². The molecule has 2 heteroatoms. The van der Waals surface area contributed by atoms with Crippen molar-refractivity contribution in [3.63, 3.8) is 0 Å². The molecule has 0 bridgehead atoms. The number of hydrogen-bond donors (Lipinski definition) is 1. The van der Waals surface area contributed by atoms with E-state index in [4.69, 9.17) is 9.84 Å². The normalized spacial score (nSPS) is 10.5. The molecule has 1 aromatic carbocycles. The average Bonchev–Trinajstić information content (AvgIpc) is 2.16. The highest BCUT2D eigenvalue weighted by atomic mass is 16.5. The minimum atomic E-state index is 0.0664. The van der Waals surface area contributed by atoms with Crippen LogP contribution >= 0.6 is 0 Å². The van der Waals surface area contributed by atoms with Gasteiger partial charge in [0.2, 0.25) is 0 Å². The van der Waals surface area contributed by atoms with Crippen molar-refractivity contribution in [1.82, 2.24) is 0 Å². The lowest BCUT2D eigenvalue weighted by atomic mass is 10.0. The average molecular weight is 180 g/mol. The van der Waals surface area contributed by atoms with Crippen LogP contribution in [0.15, 0.2) is 18.2 Å². The summed E-state index contributed by atoms with van der Waals surface area (Å²) in [5, 5.41) is 9.01. The van der Waals surface area contributed by atoms with Crippen molar-refractivity contribution in [2.75, 3.05) is 7.11 Å². The van der Waals surface area contributed by atoms with Crippen molar-refractivity contribution < 1.29 is 9.84 Å². The third-order valence-corrected chi connectivity index (χ3v) is 2.07. The lowest BCUT2D eigenvalue weighted by Crippen LogP contribution is -1.93. The molecule has 0 saturated heterocycles. The minimum absolute atomic E-state index is 0.0664. The molecule has 72 valence electrons. The van der Waals surface area contributed by atoms with E-state index in [1.807, 2.05) is 18.2 Å². The molecule has 0 saturated carbocycles. The van der Waals surface area contributed by atoms with Gasteiger partial charge in [0, 0.05) is 0 Å². The van der Waals surface area contributed by atoms with Crippen LogP contribution in [0.1, 0.15) is 30.9 Å². The Hall–Kier alpha value is -1.02. The molecule has 13 heavy (non-hydrogen) atoms. The number of ether oxygens (including phenoxy) is 1. The Kier molecular flexibility index (Phi) is 3.32. The predicted molar refractivity (Wildman–Crippen MR) is 53.0 cm³/mol. The van der Waals surface area contributed by atoms with Crippen LogP contribution in [-0.4, -0.2) is 12.2 Å². The summed E-state index contributed by atoms with van der Waals surface area (Å²) >= 11 is 0. The summed E-state index contributed by atoms with van der Waals surface area (Å²) in [6.45, 7) is 4.31. The molecular formula is C11H16O2. The second-order valence-corrected chi connectivity index (χ2v) is 3.43. The van der Waals surface area contributed by atoms with Crippen LogP contribution in [0, 0.1) is 0 Å². The van der Waals surface area contributed by atoms with Crippen LogP contribution in [-0.2, 0) is 6.61 Å². The third kappa shape index (κ3) is 2.46. The van der Waals surface area contributed by atoms with E-state index in [0.717, 1.165) is 11.3 Å². The number of aliphatic hydroxyl groups excluding tert-OH is 1. The molecule has 0 fully saturated rings. The second kappa shape index (κ2) is 4.28. The number of hydrogen-bond acceptors (Lipinski definition) is 2. The molecule has 1 rings (SSSR count). The Morgan fingerprint density at radius 3 is 2.46 bits per heavy atom. The van der Waals surface area contributed by atoms with Gasteiger partial charge in [0.05, 0.1) is 13.7 Å². The summed E-state index contributed by atoms with van der Waals surface area (Å²) in [6.07, 6.45) is 0. The number of methoxy groups -OCH3 is 1. The highest BCUT2D eigenvalue weighted by Gasteiger charge is 2.03. The van der Waals surface area contributed by atoms with Crippen molar-refractivity contribution in [3.8, 4) is 5.75 Å². The molecule has 0 atom stereocenters. The van der Waals surface area contributed by atoms with E-state index >= 15 is 0 Å². The Morgan fingerprint density at radius 2 is 2.00 bits per heavy atom. The molecule has 0 heterocycles. The SMILES string of the molecule is COc1cc(CO)cc(C(C)C)c1. The summed E-state index contributed by atoms with van der Waals surface area (Å²) in [5.74, 6) is 1.27. The van der Waals surface area contributed by atoms with Gasteiger partial charge in [-0.3, -0.25) is 0 Å². The van der Waals surface area contributed by atoms with E-state index in [1.165, 1.54) is 5.56 Å². The smallest absolute Gasteiger partial charge is 0.119 e. The first-order valence-electron chi connectivity index (χ1n) is 4.46. The first-order chi connectivity index (χ1) is 6.17. The molecule has 0 aliphatic heterocycles. The van der Waals surface area contributed by atoms with Crippen LogP contribution in [0.25, 0.3) is 0 Å². The van der Waals surface area contributed by atoms with Gasteiger partial charge in [0.25, 0.3) is 0 Å². The molecule has 1 aromatic rings. The van der Waals surface area contributed by atoms with Gasteiger partial charge in [-0.2, -0.15) is 0 Å². The van der Waals surface area contributed by atoms with E-state index in [9.17, 15) is 0 Å². The van der Waals surface area contributed by atoms with Gasteiger partial charge in [0.15, 0.2) is 0 Å². The van der Waals surface area contributed by atoms with E-state index < -0.39 is 0 Å². The first kappa shape index (κ1) is 10.1. The van der Waals surface area contributed by atoms with Gasteiger partial charge < -0.3 is 9.84 Å². The standard InChI is InChI=1S/C11H16O2/c1-8(2)10-4-9(7-12)5-11(6-10)13-3/h4-6,8,12H,7H2,1-3H3. The highest BCUT2D eigenvalue weighted by molar-refractivity contribution is 5.35. The Bertz CT molecular complexity index is 257. The highest BCUT2D eigenvalue weighted by Crippen LogP contribution is 2.22.